The van der Waals surface area contributed by atoms with Gasteiger partial charge < -0.3 is 4.90 Å². The highest BCUT2D eigenvalue weighted by Gasteiger charge is 2.42. The van der Waals surface area contributed by atoms with E-state index in [-0.39, 0.29) is 11.9 Å². The Morgan fingerprint density at radius 1 is 1.20 bits per heavy atom. The number of rotatable bonds is 4. The van der Waals surface area contributed by atoms with Gasteiger partial charge in [-0.25, -0.2) is 8.42 Å². The fourth-order valence-electron chi connectivity index (χ4n) is 3.03. The molecule has 0 saturated carbocycles. The molecule has 1 amide bonds. The average Bonchev–Trinajstić information content (AvgIpc) is 3.01. The molecule has 1 aliphatic rings. The quantitative estimate of drug-likeness (QED) is 0.801. The summed E-state index contributed by atoms with van der Waals surface area (Å²) in [7, 11) is -2.00. The Bertz CT molecular complexity index is 762. The normalized spacial score (nSPS) is 18.8. The summed E-state index contributed by atoms with van der Waals surface area (Å²) in [6, 6.07) is 1.41. The van der Waals surface area contributed by atoms with Crippen LogP contribution in [0.5, 0.6) is 0 Å². The third-order valence-corrected chi connectivity index (χ3v) is 8.42. The van der Waals surface area contributed by atoms with Crippen molar-refractivity contribution in [3.63, 3.8) is 0 Å². The zero-order valence-electron chi connectivity index (χ0n) is 16.1. The van der Waals surface area contributed by atoms with Gasteiger partial charge in [-0.15, -0.1) is 11.8 Å². The highest BCUT2D eigenvalue weighted by molar-refractivity contribution is 8.00. The predicted molar refractivity (Wildman–Crippen MR) is 103 cm³/mol. The van der Waals surface area contributed by atoms with Gasteiger partial charge in [0.25, 0.3) is 0 Å². The number of benzene rings is 1. The fraction of sp³-hybridized carbons (Fsp3) is 0.611. The van der Waals surface area contributed by atoms with Gasteiger partial charge in [0.1, 0.15) is 6.04 Å². The zero-order valence-corrected chi connectivity index (χ0v) is 17.7. The highest BCUT2D eigenvalue weighted by Crippen LogP contribution is 2.34. The second kappa shape index (κ2) is 7.29. The molecule has 7 heteroatoms. The van der Waals surface area contributed by atoms with Crippen LogP contribution in [0.4, 0.5) is 0 Å². The summed E-state index contributed by atoms with van der Waals surface area (Å²) in [6.45, 7) is 11.4. The minimum absolute atomic E-state index is 0.0346. The minimum atomic E-state index is -3.73. The van der Waals surface area contributed by atoms with E-state index >= 15 is 0 Å². The van der Waals surface area contributed by atoms with E-state index in [1.165, 1.54) is 16.1 Å². The van der Waals surface area contributed by atoms with Crippen molar-refractivity contribution < 1.29 is 13.2 Å². The molecule has 0 aromatic heterocycles. The first kappa shape index (κ1) is 20.3. The Balaban J connectivity index is 2.52. The molecule has 0 aliphatic carbocycles. The largest absolute Gasteiger partial charge is 0.342 e. The lowest BCUT2D eigenvalue weighted by Crippen LogP contribution is -2.49. The number of carbonyl (C=O) groups excluding carboxylic acids is 1. The number of aryl methyl sites for hydroxylation is 2. The third kappa shape index (κ3) is 3.59. The lowest BCUT2D eigenvalue weighted by Gasteiger charge is -2.30. The van der Waals surface area contributed by atoms with Gasteiger partial charge in [-0.05, 0) is 63.8 Å². The Kier molecular flexibility index (Phi) is 5.91. The zero-order chi connectivity index (χ0) is 19.1. The molecule has 1 atom stereocenters. The fourth-order valence-corrected chi connectivity index (χ4v) is 6.75. The molecular weight excluding hydrogens is 356 g/mol. The monoisotopic (exact) mass is 384 g/mol. The van der Waals surface area contributed by atoms with Crippen LogP contribution in [-0.2, 0) is 14.8 Å². The van der Waals surface area contributed by atoms with Gasteiger partial charge in [0, 0.05) is 18.8 Å². The number of hydrogen-bond donors (Lipinski definition) is 0. The maximum absolute atomic E-state index is 13.4. The first-order valence-corrected chi connectivity index (χ1v) is 11.0. The van der Waals surface area contributed by atoms with Crippen LogP contribution in [0, 0.1) is 27.7 Å². The first-order chi connectivity index (χ1) is 11.5. The molecule has 5 nitrogen and oxygen atoms in total. The molecule has 1 aromatic rings. The standard InChI is InChI=1S/C18H28N2O3S2/c1-11(2)19(7)18(21)16-9-24-10-20(16)25(22,23)17-14(5)12(3)8-13(4)15(17)6/h8,11,16H,9-10H2,1-7H3. The molecule has 1 aromatic carbocycles. The molecule has 1 saturated heterocycles. The lowest BCUT2D eigenvalue weighted by molar-refractivity contribution is -0.134. The molecule has 0 radical (unpaired) electrons. The van der Waals surface area contributed by atoms with Crippen LogP contribution in [0.3, 0.4) is 0 Å². The molecular formula is C18H28N2O3S2. The maximum Gasteiger partial charge on any atom is 0.245 e. The van der Waals surface area contributed by atoms with Crippen molar-refractivity contribution in [1.29, 1.82) is 0 Å². The van der Waals surface area contributed by atoms with Crippen LogP contribution in [-0.4, -0.2) is 54.3 Å². The van der Waals surface area contributed by atoms with Crippen LogP contribution in [0.15, 0.2) is 11.0 Å². The van der Waals surface area contributed by atoms with E-state index in [9.17, 15) is 13.2 Å². The summed E-state index contributed by atoms with van der Waals surface area (Å²) in [4.78, 5) is 14.8. The van der Waals surface area contributed by atoms with E-state index in [0.29, 0.717) is 16.5 Å². The summed E-state index contributed by atoms with van der Waals surface area (Å²) in [5, 5.41) is 0. The number of thioether (sulfide) groups is 1. The van der Waals surface area contributed by atoms with E-state index in [2.05, 4.69) is 0 Å². The number of sulfonamides is 1. The number of hydrogen-bond acceptors (Lipinski definition) is 4. The van der Waals surface area contributed by atoms with Crippen molar-refractivity contribution in [2.75, 3.05) is 18.7 Å². The maximum atomic E-state index is 13.4. The van der Waals surface area contributed by atoms with Crippen LogP contribution < -0.4 is 0 Å². The average molecular weight is 385 g/mol. The van der Waals surface area contributed by atoms with Gasteiger partial charge in [-0.3, -0.25) is 4.79 Å². The molecule has 0 N–H and O–H groups in total. The smallest absolute Gasteiger partial charge is 0.245 e. The van der Waals surface area contributed by atoms with E-state index in [4.69, 9.17) is 0 Å². The Labute approximate surface area is 155 Å². The topological polar surface area (TPSA) is 57.7 Å². The van der Waals surface area contributed by atoms with Crippen molar-refractivity contribution in [3.8, 4) is 0 Å². The van der Waals surface area contributed by atoms with Gasteiger partial charge in [0.2, 0.25) is 15.9 Å². The highest BCUT2D eigenvalue weighted by atomic mass is 32.2. The SMILES string of the molecule is Cc1cc(C)c(C)c(S(=O)(=O)N2CSCC2C(=O)N(C)C(C)C)c1C. The first-order valence-electron chi connectivity index (χ1n) is 8.43. The van der Waals surface area contributed by atoms with Crippen molar-refractivity contribution in [1.82, 2.24) is 9.21 Å². The van der Waals surface area contributed by atoms with Gasteiger partial charge in [-0.2, -0.15) is 4.31 Å². The third-order valence-electron chi connectivity index (χ3n) is 5.11. The Hall–Kier alpha value is -1.05. The Morgan fingerprint density at radius 3 is 2.20 bits per heavy atom. The molecule has 25 heavy (non-hydrogen) atoms. The van der Waals surface area contributed by atoms with Crippen LogP contribution in [0.2, 0.25) is 0 Å². The molecule has 140 valence electrons. The lowest BCUT2D eigenvalue weighted by atomic mass is 10.0. The van der Waals surface area contributed by atoms with Crippen molar-refractivity contribution in [3.05, 3.63) is 28.3 Å². The van der Waals surface area contributed by atoms with E-state index in [1.807, 2.05) is 47.6 Å². The van der Waals surface area contributed by atoms with Crippen LogP contribution >= 0.6 is 11.8 Å². The summed E-state index contributed by atoms with van der Waals surface area (Å²) in [5.41, 5.74) is 3.44. The summed E-state index contributed by atoms with van der Waals surface area (Å²) < 4.78 is 28.2. The summed E-state index contributed by atoms with van der Waals surface area (Å²) >= 11 is 1.49. The number of nitrogens with zero attached hydrogens (tertiary/aromatic N) is 2. The van der Waals surface area contributed by atoms with Gasteiger partial charge >= 0.3 is 0 Å². The van der Waals surface area contributed by atoms with Gasteiger partial charge in [0.05, 0.1) is 10.8 Å². The Morgan fingerprint density at radius 2 is 1.72 bits per heavy atom. The van der Waals surface area contributed by atoms with Crippen molar-refractivity contribution in [2.24, 2.45) is 0 Å². The molecule has 1 unspecified atom stereocenters. The summed E-state index contributed by atoms with van der Waals surface area (Å²) in [6.07, 6.45) is 0. The summed E-state index contributed by atoms with van der Waals surface area (Å²) in [5.74, 6) is 0.678. The molecule has 1 heterocycles. The second-order valence-electron chi connectivity index (χ2n) is 7.04. The van der Waals surface area contributed by atoms with E-state index in [0.717, 1.165) is 22.3 Å². The van der Waals surface area contributed by atoms with Crippen molar-refractivity contribution in [2.45, 2.75) is 58.5 Å². The van der Waals surface area contributed by atoms with Crippen LogP contribution in [0.1, 0.15) is 36.1 Å². The van der Waals surface area contributed by atoms with E-state index < -0.39 is 16.1 Å². The molecule has 1 fully saturated rings. The second-order valence-corrected chi connectivity index (χ2v) is 9.87. The predicted octanol–water partition coefficient (Wildman–Crippen LogP) is 2.85. The number of likely N-dealkylation sites (N-methyl/N-ethyl adjacent to an activating group) is 1. The number of carbonyl (C=O) groups is 1. The number of amides is 1. The molecule has 0 bridgehead atoms. The molecule has 0 spiro atoms. The minimum Gasteiger partial charge on any atom is -0.342 e. The van der Waals surface area contributed by atoms with Crippen molar-refractivity contribution >= 4 is 27.7 Å². The molecule has 1 aliphatic heterocycles. The van der Waals surface area contributed by atoms with Gasteiger partial charge in [-0.1, -0.05) is 6.07 Å². The van der Waals surface area contributed by atoms with E-state index in [1.54, 1.807) is 11.9 Å². The van der Waals surface area contributed by atoms with Gasteiger partial charge in [0.15, 0.2) is 0 Å². The molecule has 2 rings (SSSR count). The van der Waals surface area contributed by atoms with Crippen LogP contribution in [0.25, 0.3) is 0 Å².